The Bertz CT molecular complexity index is 337. The lowest BCUT2D eigenvalue weighted by Gasteiger charge is -2.09. The second-order valence-corrected chi connectivity index (χ2v) is 3.67. The summed E-state index contributed by atoms with van der Waals surface area (Å²) in [6.07, 6.45) is 2.16. The first-order valence-electron chi connectivity index (χ1n) is 5.46. The number of nitrogens with zero attached hydrogens (tertiary/aromatic N) is 2. The summed E-state index contributed by atoms with van der Waals surface area (Å²) in [6.45, 7) is 4.21. The van der Waals surface area contributed by atoms with Gasteiger partial charge in [0.05, 0.1) is 6.04 Å². The lowest BCUT2D eigenvalue weighted by atomic mass is 10.2. The van der Waals surface area contributed by atoms with Crippen LogP contribution in [0.1, 0.15) is 31.5 Å². The molecule has 0 aromatic carbocycles. The highest BCUT2D eigenvalue weighted by Crippen LogP contribution is 1.96. The maximum atomic E-state index is 11.4. The lowest BCUT2D eigenvalue weighted by molar-refractivity contribution is -0.122. The van der Waals surface area contributed by atoms with Crippen LogP contribution in [0.25, 0.3) is 0 Å². The van der Waals surface area contributed by atoms with E-state index in [0.717, 1.165) is 6.42 Å². The van der Waals surface area contributed by atoms with E-state index in [0.29, 0.717) is 31.1 Å². The van der Waals surface area contributed by atoms with Crippen molar-refractivity contribution in [3.05, 3.63) is 11.7 Å². The molecule has 0 saturated carbocycles. The zero-order valence-electron chi connectivity index (χ0n) is 9.69. The monoisotopic (exact) mass is 226 g/mol. The minimum absolute atomic E-state index is 0.123. The molecule has 0 radical (unpaired) electrons. The van der Waals surface area contributed by atoms with Gasteiger partial charge in [0.2, 0.25) is 11.8 Å². The highest BCUT2D eigenvalue weighted by atomic mass is 16.5. The van der Waals surface area contributed by atoms with Crippen LogP contribution in [0.3, 0.4) is 0 Å². The molecule has 1 amide bonds. The Morgan fingerprint density at radius 1 is 1.62 bits per heavy atom. The summed E-state index contributed by atoms with van der Waals surface area (Å²) in [5.41, 5.74) is 5.65. The maximum Gasteiger partial charge on any atom is 0.236 e. The smallest absolute Gasteiger partial charge is 0.236 e. The Morgan fingerprint density at radius 3 is 2.94 bits per heavy atom. The van der Waals surface area contributed by atoms with Gasteiger partial charge in [-0.2, -0.15) is 4.98 Å². The van der Waals surface area contributed by atoms with Crippen molar-refractivity contribution in [2.75, 3.05) is 6.54 Å². The summed E-state index contributed by atoms with van der Waals surface area (Å²) in [7, 11) is 0. The SMILES string of the molecule is CCC[C@H](N)C(=O)NCCc1noc(C)n1. The first kappa shape index (κ1) is 12.6. The molecule has 0 aliphatic carbocycles. The fraction of sp³-hybridized carbons (Fsp3) is 0.700. The average Bonchev–Trinajstić information content (AvgIpc) is 2.64. The maximum absolute atomic E-state index is 11.4. The molecule has 1 heterocycles. The standard InChI is InChI=1S/C10H18N4O2/c1-3-4-8(11)10(15)12-6-5-9-13-7(2)16-14-9/h8H,3-6,11H2,1-2H3,(H,12,15)/t8-/m0/s1. The van der Waals surface area contributed by atoms with Gasteiger partial charge in [0.25, 0.3) is 0 Å². The predicted molar refractivity (Wildman–Crippen MR) is 58.6 cm³/mol. The molecule has 1 atom stereocenters. The Labute approximate surface area is 94.6 Å². The summed E-state index contributed by atoms with van der Waals surface area (Å²) in [5, 5.41) is 6.46. The molecule has 0 bridgehead atoms. The van der Waals surface area contributed by atoms with E-state index < -0.39 is 6.04 Å². The van der Waals surface area contributed by atoms with Crippen LogP contribution < -0.4 is 11.1 Å². The number of nitrogens with two attached hydrogens (primary N) is 1. The predicted octanol–water partition coefficient (Wildman–Crippen LogP) is 0.164. The van der Waals surface area contributed by atoms with Crippen LogP contribution in [-0.4, -0.2) is 28.6 Å². The number of aryl methyl sites for hydroxylation is 1. The number of aromatic nitrogens is 2. The summed E-state index contributed by atoms with van der Waals surface area (Å²) in [6, 6.07) is -0.419. The van der Waals surface area contributed by atoms with E-state index in [1.54, 1.807) is 6.92 Å². The third-order valence-corrected chi connectivity index (χ3v) is 2.15. The molecule has 90 valence electrons. The molecule has 16 heavy (non-hydrogen) atoms. The number of hydrogen-bond donors (Lipinski definition) is 2. The number of carbonyl (C=O) groups is 1. The second kappa shape index (κ2) is 6.22. The van der Waals surface area contributed by atoms with Gasteiger partial charge in [-0.25, -0.2) is 0 Å². The van der Waals surface area contributed by atoms with Crippen LogP contribution >= 0.6 is 0 Å². The van der Waals surface area contributed by atoms with Gasteiger partial charge < -0.3 is 15.6 Å². The van der Waals surface area contributed by atoms with Crippen molar-refractivity contribution >= 4 is 5.91 Å². The fourth-order valence-electron chi connectivity index (χ4n) is 1.31. The molecular formula is C10H18N4O2. The Morgan fingerprint density at radius 2 is 2.38 bits per heavy atom. The van der Waals surface area contributed by atoms with Crippen LogP contribution in [-0.2, 0) is 11.2 Å². The van der Waals surface area contributed by atoms with Gasteiger partial charge in [-0.05, 0) is 6.42 Å². The summed E-state index contributed by atoms with van der Waals surface area (Å²) in [4.78, 5) is 15.5. The van der Waals surface area contributed by atoms with Crippen molar-refractivity contribution in [2.45, 2.75) is 39.2 Å². The van der Waals surface area contributed by atoms with Crippen molar-refractivity contribution in [3.63, 3.8) is 0 Å². The highest BCUT2D eigenvalue weighted by molar-refractivity contribution is 5.81. The molecule has 0 aliphatic heterocycles. The quantitative estimate of drug-likeness (QED) is 0.720. The molecule has 1 aromatic rings. The number of carbonyl (C=O) groups excluding carboxylic acids is 1. The Kier molecular flexibility index (Phi) is 4.91. The first-order chi connectivity index (χ1) is 7.63. The average molecular weight is 226 g/mol. The summed E-state index contributed by atoms with van der Waals surface area (Å²) < 4.78 is 4.81. The van der Waals surface area contributed by atoms with E-state index in [1.165, 1.54) is 0 Å². The zero-order valence-corrected chi connectivity index (χ0v) is 9.69. The van der Waals surface area contributed by atoms with Crippen LogP contribution in [0.15, 0.2) is 4.52 Å². The normalized spacial score (nSPS) is 12.4. The molecule has 0 aliphatic rings. The molecule has 1 aromatic heterocycles. The van der Waals surface area contributed by atoms with Gasteiger partial charge in [-0.1, -0.05) is 18.5 Å². The van der Waals surface area contributed by atoms with E-state index in [4.69, 9.17) is 10.3 Å². The van der Waals surface area contributed by atoms with Crippen molar-refractivity contribution in [2.24, 2.45) is 5.73 Å². The number of rotatable bonds is 6. The largest absolute Gasteiger partial charge is 0.354 e. The van der Waals surface area contributed by atoms with Gasteiger partial charge in [0, 0.05) is 19.9 Å². The Hall–Kier alpha value is -1.43. The van der Waals surface area contributed by atoms with Crippen molar-refractivity contribution < 1.29 is 9.32 Å². The van der Waals surface area contributed by atoms with Crippen LogP contribution in [0, 0.1) is 6.92 Å². The molecule has 6 heteroatoms. The van der Waals surface area contributed by atoms with Gasteiger partial charge in [0.15, 0.2) is 5.82 Å². The summed E-state index contributed by atoms with van der Waals surface area (Å²) >= 11 is 0. The molecule has 0 unspecified atom stereocenters. The molecule has 3 N–H and O–H groups in total. The van der Waals surface area contributed by atoms with Crippen molar-refractivity contribution in [1.82, 2.24) is 15.5 Å². The van der Waals surface area contributed by atoms with E-state index in [2.05, 4.69) is 15.5 Å². The molecule has 6 nitrogen and oxygen atoms in total. The third-order valence-electron chi connectivity index (χ3n) is 2.15. The molecule has 1 rings (SSSR count). The molecule has 0 spiro atoms. The second-order valence-electron chi connectivity index (χ2n) is 3.67. The molecule has 0 saturated heterocycles. The first-order valence-corrected chi connectivity index (χ1v) is 5.46. The minimum Gasteiger partial charge on any atom is -0.354 e. The topological polar surface area (TPSA) is 94.0 Å². The molecule has 0 fully saturated rings. The van der Waals surface area contributed by atoms with E-state index in [1.807, 2.05) is 6.92 Å². The number of hydrogen-bond acceptors (Lipinski definition) is 5. The van der Waals surface area contributed by atoms with Gasteiger partial charge >= 0.3 is 0 Å². The number of nitrogens with one attached hydrogen (secondary N) is 1. The number of amides is 1. The third kappa shape index (κ3) is 3.98. The van der Waals surface area contributed by atoms with Crippen LogP contribution in [0.4, 0.5) is 0 Å². The van der Waals surface area contributed by atoms with E-state index in [9.17, 15) is 4.79 Å². The van der Waals surface area contributed by atoms with Crippen LogP contribution in [0.2, 0.25) is 0 Å². The zero-order chi connectivity index (χ0) is 12.0. The van der Waals surface area contributed by atoms with Crippen molar-refractivity contribution in [3.8, 4) is 0 Å². The van der Waals surface area contributed by atoms with E-state index in [-0.39, 0.29) is 5.91 Å². The highest BCUT2D eigenvalue weighted by Gasteiger charge is 2.11. The molecular weight excluding hydrogens is 208 g/mol. The van der Waals surface area contributed by atoms with Gasteiger partial charge in [-0.3, -0.25) is 4.79 Å². The fourth-order valence-corrected chi connectivity index (χ4v) is 1.31. The van der Waals surface area contributed by atoms with Crippen molar-refractivity contribution in [1.29, 1.82) is 0 Å². The van der Waals surface area contributed by atoms with Gasteiger partial charge in [-0.15, -0.1) is 0 Å². The minimum atomic E-state index is -0.419. The van der Waals surface area contributed by atoms with Crippen LogP contribution in [0.5, 0.6) is 0 Å². The lowest BCUT2D eigenvalue weighted by Crippen LogP contribution is -2.41. The summed E-state index contributed by atoms with van der Waals surface area (Å²) in [5.74, 6) is 1.01. The van der Waals surface area contributed by atoms with E-state index >= 15 is 0 Å². The Balaban J connectivity index is 2.22. The van der Waals surface area contributed by atoms with Gasteiger partial charge in [0.1, 0.15) is 0 Å².